The molecule has 2 aliphatic rings. The van der Waals surface area contributed by atoms with Crippen LogP contribution in [-0.2, 0) is 24.2 Å². The summed E-state index contributed by atoms with van der Waals surface area (Å²) in [4.78, 5) is 2.52. The Labute approximate surface area is 118 Å². The third kappa shape index (κ3) is 2.17. The van der Waals surface area contributed by atoms with Gasteiger partial charge in [0, 0.05) is 50.1 Å². The number of hydrogen-bond donors (Lipinski definition) is 0. The Bertz CT molecular complexity index is 570. The fourth-order valence-corrected chi connectivity index (χ4v) is 3.18. The molecule has 0 bridgehead atoms. The lowest BCUT2D eigenvalue weighted by molar-refractivity contribution is 0.131. The zero-order valence-electron chi connectivity index (χ0n) is 11.5. The van der Waals surface area contributed by atoms with Gasteiger partial charge in [-0.3, -0.25) is 4.90 Å². The Morgan fingerprint density at radius 2 is 2.20 bits per heavy atom. The van der Waals surface area contributed by atoms with Crippen LogP contribution in [0.25, 0.3) is 0 Å². The van der Waals surface area contributed by atoms with Crippen molar-refractivity contribution in [3.63, 3.8) is 0 Å². The van der Waals surface area contributed by atoms with Crippen molar-refractivity contribution >= 4 is 0 Å². The van der Waals surface area contributed by atoms with Crippen LogP contribution in [-0.4, -0.2) is 40.4 Å². The molecule has 2 aromatic rings. The summed E-state index contributed by atoms with van der Waals surface area (Å²) in [5, 5.41) is 4.28. The maximum absolute atomic E-state index is 5.53. The highest BCUT2D eigenvalue weighted by Crippen LogP contribution is 2.26. The average molecular weight is 273 g/mol. The van der Waals surface area contributed by atoms with Gasteiger partial charge in [-0.25, -0.2) is 0 Å². The predicted molar refractivity (Wildman–Crippen MR) is 73.4 cm³/mol. The van der Waals surface area contributed by atoms with Gasteiger partial charge in [0.25, 0.3) is 0 Å². The molecule has 0 aliphatic carbocycles. The highest BCUT2D eigenvalue weighted by Gasteiger charge is 2.30. The molecule has 106 valence electrons. The summed E-state index contributed by atoms with van der Waals surface area (Å²) in [6.45, 7) is 4.56. The molecule has 1 saturated heterocycles. The van der Waals surface area contributed by atoms with Crippen molar-refractivity contribution in [2.24, 2.45) is 0 Å². The molecule has 0 spiro atoms. The summed E-state index contributed by atoms with van der Waals surface area (Å²) in [7, 11) is 0. The van der Waals surface area contributed by atoms with Crippen molar-refractivity contribution in [2.45, 2.75) is 32.0 Å². The number of aromatic nitrogens is 2. The number of rotatable bonds is 3. The Morgan fingerprint density at radius 1 is 1.30 bits per heavy atom. The summed E-state index contributed by atoms with van der Waals surface area (Å²) in [6, 6.07) is 4.64. The minimum atomic E-state index is 0.567. The van der Waals surface area contributed by atoms with Crippen LogP contribution in [0, 0.1) is 0 Å². The zero-order chi connectivity index (χ0) is 13.4. The van der Waals surface area contributed by atoms with E-state index in [4.69, 9.17) is 9.26 Å². The van der Waals surface area contributed by atoms with Gasteiger partial charge < -0.3 is 13.8 Å². The van der Waals surface area contributed by atoms with E-state index in [0.29, 0.717) is 6.04 Å². The van der Waals surface area contributed by atoms with Crippen LogP contribution < -0.4 is 0 Å². The van der Waals surface area contributed by atoms with E-state index in [0.717, 1.165) is 57.1 Å². The van der Waals surface area contributed by atoms with Gasteiger partial charge in [-0.15, -0.1) is 0 Å². The van der Waals surface area contributed by atoms with E-state index in [-0.39, 0.29) is 0 Å². The molecule has 4 heterocycles. The standard InChI is InChI=1S/C15H19N3O2/c1-2-6-17(5-1)10-14-13-9-18(12-4-8-19-11-12)7-3-15(13)20-16-14/h1-2,5-6,12H,3-4,7-11H2. The molecule has 0 N–H and O–H groups in total. The van der Waals surface area contributed by atoms with E-state index in [1.165, 1.54) is 5.56 Å². The van der Waals surface area contributed by atoms with E-state index in [1.54, 1.807) is 0 Å². The van der Waals surface area contributed by atoms with Crippen molar-refractivity contribution in [1.29, 1.82) is 0 Å². The first-order valence-electron chi connectivity index (χ1n) is 7.29. The lowest BCUT2D eigenvalue weighted by Crippen LogP contribution is -2.39. The van der Waals surface area contributed by atoms with E-state index in [1.807, 2.05) is 12.1 Å². The summed E-state index contributed by atoms with van der Waals surface area (Å²) < 4.78 is 13.2. The summed E-state index contributed by atoms with van der Waals surface area (Å²) >= 11 is 0. The van der Waals surface area contributed by atoms with Crippen LogP contribution in [0.15, 0.2) is 29.0 Å². The highest BCUT2D eigenvalue weighted by atomic mass is 16.5. The molecule has 2 aliphatic heterocycles. The first-order chi connectivity index (χ1) is 9.90. The Hall–Kier alpha value is -1.59. The van der Waals surface area contributed by atoms with Gasteiger partial charge in [-0.1, -0.05) is 5.16 Å². The second-order valence-corrected chi connectivity index (χ2v) is 5.62. The van der Waals surface area contributed by atoms with Crippen molar-refractivity contribution in [2.75, 3.05) is 19.8 Å². The number of ether oxygens (including phenoxy) is 1. The quantitative estimate of drug-likeness (QED) is 0.853. The summed E-state index contributed by atoms with van der Waals surface area (Å²) in [5.74, 6) is 1.07. The second kappa shape index (κ2) is 5.07. The molecule has 0 radical (unpaired) electrons. The molecule has 1 fully saturated rings. The third-order valence-corrected chi connectivity index (χ3v) is 4.36. The summed E-state index contributed by atoms with van der Waals surface area (Å²) in [5.41, 5.74) is 2.36. The number of nitrogens with zero attached hydrogens (tertiary/aromatic N) is 3. The molecule has 1 atom stereocenters. The average Bonchev–Trinajstić information content (AvgIpc) is 3.20. The fourth-order valence-electron chi connectivity index (χ4n) is 3.18. The van der Waals surface area contributed by atoms with Crippen LogP contribution in [0.2, 0.25) is 0 Å². The SMILES string of the molecule is c1ccn(Cc2noc3c2CN(C2CCOC2)CC3)c1. The molecular weight excluding hydrogens is 254 g/mol. The minimum absolute atomic E-state index is 0.567. The normalized spacial score (nSPS) is 23.1. The van der Waals surface area contributed by atoms with E-state index >= 15 is 0 Å². The minimum Gasteiger partial charge on any atom is -0.380 e. The molecule has 0 aromatic carbocycles. The second-order valence-electron chi connectivity index (χ2n) is 5.62. The van der Waals surface area contributed by atoms with Gasteiger partial charge >= 0.3 is 0 Å². The maximum atomic E-state index is 5.53. The predicted octanol–water partition coefficient (Wildman–Crippen LogP) is 1.67. The molecule has 2 aromatic heterocycles. The first kappa shape index (κ1) is 12.2. The van der Waals surface area contributed by atoms with Gasteiger partial charge in [0.2, 0.25) is 0 Å². The van der Waals surface area contributed by atoms with Crippen LogP contribution >= 0.6 is 0 Å². The van der Waals surface area contributed by atoms with Gasteiger partial charge in [0.15, 0.2) is 0 Å². The van der Waals surface area contributed by atoms with Gasteiger partial charge in [0.1, 0.15) is 11.5 Å². The van der Waals surface area contributed by atoms with Crippen molar-refractivity contribution in [1.82, 2.24) is 14.6 Å². The Kier molecular flexibility index (Phi) is 3.09. The van der Waals surface area contributed by atoms with Crippen molar-refractivity contribution < 1.29 is 9.26 Å². The monoisotopic (exact) mass is 273 g/mol. The van der Waals surface area contributed by atoms with Crippen LogP contribution in [0.1, 0.15) is 23.4 Å². The highest BCUT2D eigenvalue weighted by molar-refractivity contribution is 5.26. The first-order valence-corrected chi connectivity index (χ1v) is 7.29. The smallest absolute Gasteiger partial charge is 0.142 e. The molecule has 0 amide bonds. The molecule has 4 rings (SSSR count). The maximum Gasteiger partial charge on any atom is 0.142 e. The lowest BCUT2D eigenvalue weighted by Gasteiger charge is -2.30. The molecule has 1 unspecified atom stereocenters. The van der Waals surface area contributed by atoms with Gasteiger partial charge in [-0.2, -0.15) is 0 Å². The van der Waals surface area contributed by atoms with Gasteiger partial charge in [-0.05, 0) is 18.6 Å². The lowest BCUT2D eigenvalue weighted by atomic mass is 10.0. The molecule has 5 nitrogen and oxygen atoms in total. The van der Waals surface area contributed by atoms with E-state index in [2.05, 4.69) is 27.0 Å². The Balaban J connectivity index is 1.54. The Morgan fingerprint density at radius 3 is 3.00 bits per heavy atom. The summed E-state index contributed by atoms with van der Waals surface area (Å²) in [6.07, 6.45) is 6.23. The van der Waals surface area contributed by atoms with E-state index in [9.17, 15) is 0 Å². The number of hydrogen-bond acceptors (Lipinski definition) is 4. The largest absolute Gasteiger partial charge is 0.380 e. The third-order valence-electron chi connectivity index (χ3n) is 4.36. The zero-order valence-corrected chi connectivity index (χ0v) is 11.5. The molecule has 5 heteroatoms. The molecule has 20 heavy (non-hydrogen) atoms. The molecular formula is C15H19N3O2. The number of fused-ring (bicyclic) bond motifs is 1. The van der Waals surface area contributed by atoms with Crippen LogP contribution in [0.4, 0.5) is 0 Å². The van der Waals surface area contributed by atoms with Gasteiger partial charge in [0.05, 0.1) is 13.2 Å². The van der Waals surface area contributed by atoms with Crippen LogP contribution in [0.5, 0.6) is 0 Å². The topological polar surface area (TPSA) is 43.4 Å². The van der Waals surface area contributed by atoms with Crippen molar-refractivity contribution in [3.8, 4) is 0 Å². The molecule has 0 saturated carbocycles. The van der Waals surface area contributed by atoms with E-state index < -0.39 is 0 Å². The fraction of sp³-hybridized carbons (Fsp3) is 0.533. The van der Waals surface area contributed by atoms with Crippen LogP contribution in [0.3, 0.4) is 0 Å². The van der Waals surface area contributed by atoms with Crippen molar-refractivity contribution in [3.05, 3.63) is 41.5 Å².